The van der Waals surface area contributed by atoms with Crippen LogP contribution < -0.4 is 5.73 Å². The van der Waals surface area contributed by atoms with Crippen LogP contribution in [0.3, 0.4) is 0 Å². The molecule has 2 fully saturated rings. The Labute approximate surface area is 113 Å². The zero-order valence-electron chi connectivity index (χ0n) is 12.7. The second-order valence-electron chi connectivity index (χ2n) is 6.90. The lowest BCUT2D eigenvalue weighted by molar-refractivity contribution is 0.0123. The van der Waals surface area contributed by atoms with Gasteiger partial charge in [0.1, 0.15) is 0 Å². The number of likely N-dealkylation sites (tertiary alicyclic amines) is 2. The molecule has 0 spiro atoms. The average molecular weight is 253 g/mol. The van der Waals surface area contributed by atoms with Crippen molar-refractivity contribution in [3.8, 4) is 0 Å². The van der Waals surface area contributed by atoms with E-state index in [1.54, 1.807) is 0 Å². The summed E-state index contributed by atoms with van der Waals surface area (Å²) in [6, 6.07) is 1.39. The van der Waals surface area contributed by atoms with E-state index in [0.717, 1.165) is 12.5 Å². The minimum absolute atomic E-state index is 0.287. The van der Waals surface area contributed by atoms with Crippen molar-refractivity contribution in [3.05, 3.63) is 0 Å². The van der Waals surface area contributed by atoms with E-state index in [-0.39, 0.29) is 5.54 Å². The molecule has 0 aliphatic carbocycles. The molecule has 0 amide bonds. The normalized spacial score (nSPS) is 34.3. The van der Waals surface area contributed by atoms with Crippen molar-refractivity contribution in [2.45, 2.75) is 64.6 Å². The van der Waals surface area contributed by atoms with Crippen LogP contribution in [0.25, 0.3) is 0 Å². The van der Waals surface area contributed by atoms with E-state index in [9.17, 15) is 0 Å². The van der Waals surface area contributed by atoms with Gasteiger partial charge in [0.15, 0.2) is 0 Å². The highest BCUT2D eigenvalue weighted by Gasteiger charge is 2.44. The van der Waals surface area contributed by atoms with Gasteiger partial charge in [0.2, 0.25) is 0 Å². The molecule has 0 radical (unpaired) electrons. The summed E-state index contributed by atoms with van der Waals surface area (Å²) in [6.07, 6.45) is 3.84. The van der Waals surface area contributed by atoms with E-state index in [0.29, 0.717) is 12.1 Å². The van der Waals surface area contributed by atoms with Gasteiger partial charge in [-0.05, 0) is 46.0 Å². The summed E-state index contributed by atoms with van der Waals surface area (Å²) >= 11 is 0. The van der Waals surface area contributed by atoms with Crippen molar-refractivity contribution in [1.29, 1.82) is 0 Å². The molecular formula is C15H31N3. The topological polar surface area (TPSA) is 32.5 Å². The monoisotopic (exact) mass is 253 g/mol. The molecule has 2 atom stereocenters. The van der Waals surface area contributed by atoms with Gasteiger partial charge in [-0.3, -0.25) is 4.90 Å². The predicted octanol–water partition coefficient (Wildman–Crippen LogP) is 1.92. The molecule has 0 aromatic heterocycles. The first-order valence-electron chi connectivity index (χ1n) is 7.69. The van der Waals surface area contributed by atoms with Gasteiger partial charge in [-0.25, -0.2) is 0 Å². The van der Waals surface area contributed by atoms with Crippen molar-refractivity contribution in [1.82, 2.24) is 9.80 Å². The molecule has 2 rings (SSSR count). The maximum absolute atomic E-state index is 6.19. The van der Waals surface area contributed by atoms with E-state index in [1.165, 1.54) is 38.9 Å². The number of nitrogens with zero attached hydrogens (tertiary/aromatic N) is 2. The van der Waals surface area contributed by atoms with Crippen LogP contribution in [0.4, 0.5) is 0 Å². The van der Waals surface area contributed by atoms with E-state index in [4.69, 9.17) is 5.73 Å². The van der Waals surface area contributed by atoms with Gasteiger partial charge < -0.3 is 10.6 Å². The van der Waals surface area contributed by atoms with Crippen molar-refractivity contribution < 1.29 is 0 Å². The van der Waals surface area contributed by atoms with Gasteiger partial charge in [0.25, 0.3) is 0 Å². The number of hydrogen-bond acceptors (Lipinski definition) is 3. The molecule has 2 N–H and O–H groups in total. The van der Waals surface area contributed by atoms with Crippen LogP contribution in [0.5, 0.6) is 0 Å². The smallest absolute Gasteiger partial charge is 0.0358 e. The Morgan fingerprint density at radius 1 is 1.22 bits per heavy atom. The third kappa shape index (κ3) is 2.59. The standard InChI is InChI=1S/C15H31N3/c1-12(2)17-7-5-15(11-16,6-8-17)18-10-13(3)9-14(18)4/h12-14H,5-11,16H2,1-4H3. The van der Waals surface area contributed by atoms with Crippen molar-refractivity contribution in [2.75, 3.05) is 26.2 Å². The zero-order chi connectivity index (χ0) is 13.3. The highest BCUT2D eigenvalue weighted by Crippen LogP contribution is 2.36. The quantitative estimate of drug-likeness (QED) is 0.834. The van der Waals surface area contributed by atoms with Crippen LogP contribution in [-0.4, -0.2) is 53.6 Å². The van der Waals surface area contributed by atoms with Gasteiger partial charge in [-0.15, -0.1) is 0 Å². The maximum Gasteiger partial charge on any atom is 0.0358 e. The maximum atomic E-state index is 6.19. The highest BCUT2D eigenvalue weighted by atomic mass is 15.3. The van der Waals surface area contributed by atoms with Crippen LogP contribution in [-0.2, 0) is 0 Å². The molecule has 2 heterocycles. The molecule has 0 bridgehead atoms. The fourth-order valence-electron chi connectivity index (χ4n) is 4.03. The summed E-state index contributed by atoms with van der Waals surface area (Å²) in [6.45, 7) is 13.9. The average Bonchev–Trinajstić information content (AvgIpc) is 2.69. The Balaban J connectivity index is 2.04. The number of hydrogen-bond donors (Lipinski definition) is 1. The summed E-state index contributed by atoms with van der Waals surface area (Å²) in [5, 5.41) is 0. The first-order valence-corrected chi connectivity index (χ1v) is 7.69. The van der Waals surface area contributed by atoms with Crippen molar-refractivity contribution in [2.24, 2.45) is 11.7 Å². The Kier molecular flexibility index (Phi) is 4.35. The molecule has 3 heteroatoms. The third-order valence-corrected chi connectivity index (χ3v) is 5.23. The third-order valence-electron chi connectivity index (χ3n) is 5.23. The van der Waals surface area contributed by atoms with Gasteiger partial charge in [-0.1, -0.05) is 6.92 Å². The molecule has 3 nitrogen and oxygen atoms in total. The number of nitrogens with two attached hydrogens (primary N) is 1. The number of rotatable bonds is 3. The van der Waals surface area contributed by atoms with E-state index >= 15 is 0 Å². The summed E-state index contributed by atoms with van der Waals surface area (Å²) in [4.78, 5) is 5.33. The van der Waals surface area contributed by atoms with Crippen LogP contribution in [0, 0.1) is 5.92 Å². The van der Waals surface area contributed by atoms with Crippen molar-refractivity contribution in [3.63, 3.8) is 0 Å². The van der Waals surface area contributed by atoms with Gasteiger partial charge in [0.05, 0.1) is 0 Å². The molecule has 0 aromatic carbocycles. The van der Waals surface area contributed by atoms with E-state index in [2.05, 4.69) is 37.5 Å². The summed E-state index contributed by atoms with van der Waals surface area (Å²) in [5.41, 5.74) is 6.47. The Hall–Kier alpha value is -0.120. The highest BCUT2D eigenvalue weighted by molar-refractivity contribution is 5.01. The molecule has 18 heavy (non-hydrogen) atoms. The lowest BCUT2D eigenvalue weighted by atomic mass is 9.84. The first kappa shape index (κ1) is 14.3. The van der Waals surface area contributed by atoms with Crippen molar-refractivity contribution >= 4 is 0 Å². The molecule has 2 aliphatic rings. The Morgan fingerprint density at radius 2 is 1.83 bits per heavy atom. The SMILES string of the molecule is CC1CC(C)N(C2(CN)CCN(C(C)C)CC2)C1. The van der Waals surface area contributed by atoms with E-state index < -0.39 is 0 Å². The molecular weight excluding hydrogens is 222 g/mol. The zero-order valence-corrected chi connectivity index (χ0v) is 12.7. The van der Waals surface area contributed by atoms with Crippen LogP contribution in [0.2, 0.25) is 0 Å². The molecule has 2 aliphatic heterocycles. The summed E-state index contributed by atoms with van der Waals surface area (Å²) < 4.78 is 0. The minimum Gasteiger partial charge on any atom is -0.329 e. The van der Waals surface area contributed by atoms with E-state index in [1.807, 2.05) is 0 Å². The molecule has 2 unspecified atom stereocenters. The fourth-order valence-corrected chi connectivity index (χ4v) is 4.03. The molecule has 0 saturated carbocycles. The minimum atomic E-state index is 0.287. The first-order chi connectivity index (χ1) is 8.48. The molecule has 2 saturated heterocycles. The molecule has 106 valence electrons. The Morgan fingerprint density at radius 3 is 2.22 bits per heavy atom. The van der Waals surface area contributed by atoms with Crippen LogP contribution >= 0.6 is 0 Å². The van der Waals surface area contributed by atoms with Gasteiger partial charge >= 0.3 is 0 Å². The van der Waals surface area contributed by atoms with Gasteiger partial charge in [-0.2, -0.15) is 0 Å². The van der Waals surface area contributed by atoms with Crippen LogP contribution in [0.15, 0.2) is 0 Å². The lowest BCUT2D eigenvalue weighted by Crippen LogP contribution is -2.61. The fraction of sp³-hybridized carbons (Fsp3) is 1.00. The predicted molar refractivity (Wildman–Crippen MR) is 77.7 cm³/mol. The Bertz CT molecular complexity index is 269. The second kappa shape index (κ2) is 5.48. The molecule has 0 aromatic rings. The number of piperidine rings is 1. The largest absolute Gasteiger partial charge is 0.329 e. The van der Waals surface area contributed by atoms with Gasteiger partial charge in [0, 0.05) is 43.8 Å². The summed E-state index contributed by atoms with van der Waals surface area (Å²) in [5.74, 6) is 0.839. The summed E-state index contributed by atoms with van der Waals surface area (Å²) in [7, 11) is 0. The second-order valence-corrected chi connectivity index (χ2v) is 6.90. The van der Waals surface area contributed by atoms with Crippen LogP contribution in [0.1, 0.15) is 47.0 Å². The lowest BCUT2D eigenvalue weighted by Gasteiger charge is -2.49.